The fraction of sp³-hybridized carbons (Fsp3) is 0.200. The van der Waals surface area contributed by atoms with Gasteiger partial charge in [0, 0.05) is 30.2 Å². The number of benzene rings is 1. The maximum absolute atomic E-state index is 11.3. The molecule has 1 aromatic heterocycles. The van der Waals surface area contributed by atoms with Gasteiger partial charge in [0.05, 0.1) is 13.7 Å². The van der Waals surface area contributed by atoms with E-state index in [1.54, 1.807) is 19.4 Å². The molecule has 1 heterocycles. The van der Waals surface area contributed by atoms with Crippen LogP contribution in [-0.4, -0.2) is 24.5 Å². The Morgan fingerprint density at radius 1 is 1.29 bits per heavy atom. The highest BCUT2D eigenvalue weighted by molar-refractivity contribution is 5.79. The van der Waals surface area contributed by atoms with Gasteiger partial charge >= 0.3 is 0 Å². The smallest absolute Gasteiger partial charge is 0.236 e. The van der Waals surface area contributed by atoms with Crippen molar-refractivity contribution in [1.82, 2.24) is 4.98 Å². The SMILES string of the molecule is COc1cc(N(CC(N)=O)Cc2ccc(N)cc2)ccn1. The molecule has 110 valence electrons. The maximum Gasteiger partial charge on any atom is 0.236 e. The van der Waals surface area contributed by atoms with Crippen molar-refractivity contribution in [3.8, 4) is 5.88 Å². The van der Waals surface area contributed by atoms with E-state index in [4.69, 9.17) is 16.2 Å². The van der Waals surface area contributed by atoms with Gasteiger partial charge in [0.15, 0.2) is 0 Å². The predicted octanol–water partition coefficient (Wildman–Crippen LogP) is 1.16. The minimum atomic E-state index is -0.402. The van der Waals surface area contributed by atoms with Crippen LogP contribution in [0.25, 0.3) is 0 Å². The van der Waals surface area contributed by atoms with E-state index in [1.807, 2.05) is 35.2 Å². The lowest BCUT2D eigenvalue weighted by Gasteiger charge is -2.23. The first-order chi connectivity index (χ1) is 10.1. The van der Waals surface area contributed by atoms with Crippen LogP contribution in [0.2, 0.25) is 0 Å². The first kappa shape index (κ1) is 14.6. The molecule has 1 aromatic carbocycles. The van der Waals surface area contributed by atoms with Crippen LogP contribution in [0.4, 0.5) is 11.4 Å². The second-order valence-corrected chi connectivity index (χ2v) is 4.62. The lowest BCUT2D eigenvalue weighted by molar-refractivity contribution is -0.116. The first-order valence-corrected chi connectivity index (χ1v) is 6.46. The Morgan fingerprint density at radius 2 is 2.00 bits per heavy atom. The molecule has 2 aromatic rings. The van der Waals surface area contributed by atoms with Gasteiger partial charge in [0.25, 0.3) is 0 Å². The fourth-order valence-corrected chi connectivity index (χ4v) is 1.98. The van der Waals surface area contributed by atoms with Gasteiger partial charge in [0.2, 0.25) is 11.8 Å². The van der Waals surface area contributed by atoms with E-state index in [2.05, 4.69) is 4.98 Å². The molecule has 0 aliphatic carbocycles. The quantitative estimate of drug-likeness (QED) is 0.777. The Labute approximate surface area is 123 Å². The monoisotopic (exact) mass is 286 g/mol. The van der Waals surface area contributed by atoms with E-state index in [9.17, 15) is 4.79 Å². The van der Waals surface area contributed by atoms with Gasteiger partial charge in [-0.2, -0.15) is 0 Å². The maximum atomic E-state index is 11.3. The highest BCUT2D eigenvalue weighted by Gasteiger charge is 2.11. The highest BCUT2D eigenvalue weighted by atomic mass is 16.5. The van der Waals surface area contributed by atoms with E-state index >= 15 is 0 Å². The van der Waals surface area contributed by atoms with Crippen LogP contribution >= 0.6 is 0 Å². The number of pyridine rings is 1. The predicted molar refractivity (Wildman–Crippen MR) is 81.9 cm³/mol. The zero-order valence-corrected chi connectivity index (χ0v) is 11.8. The minimum absolute atomic E-state index is 0.109. The molecule has 0 atom stereocenters. The Bertz CT molecular complexity index is 613. The summed E-state index contributed by atoms with van der Waals surface area (Å²) in [5.74, 6) is 0.0838. The molecule has 0 fully saturated rings. The molecular weight excluding hydrogens is 268 g/mol. The van der Waals surface area contributed by atoms with Crippen LogP contribution in [0.5, 0.6) is 5.88 Å². The second-order valence-electron chi connectivity index (χ2n) is 4.62. The molecule has 6 nitrogen and oxygen atoms in total. The number of nitrogen functional groups attached to an aromatic ring is 1. The number of rotatable bonds is 6. The topological polar surface area (TPSA) is 94.5 Å². The molecule has 0 saturated heterocycles. The molecular formula is C15H18N4O2. The molecule has 2 rings (SSSR count). The Balaban J connectivity index is 2.24. The van der Waals surface area contributed by atoms with Gasteiger partial charge in [-0.05, 0) is 23.8 Å². The summed E-state index contributed by atoms with van der Waals surface area (Å²) in [6, 6.07) is 11.1. The largest absolute Gasteiger partial charge is 0.481 e. The summed E-state index contributed by atoms with van der Waals surface area (Å²) in [6.07, 6.45) is 1.63. The number of carbonyl (C=O) groups is 1. The minimum Gasteiger partial charge on any atom is -0.481 e. The fourth-order valence-electron chi connectivity index (χ4n) is 1.98. The molecule has 0 saturated carbocycles. The zero-order valence-electron chi connectivity index (χ0n) is 11.8. The summed E-state index contributed by atoms with van der Waals surface area (Å²) in [6.45, 7) is 0.647. The van der Waals surface area contributed by atoms with E-state index in [-0.39, 0.29) is 6.54 Å². The van der Waals surface area contributed by atoms with Crippen molar-refractivity contribution >= 4 is 17.3 Å². The van der Waals surface area contributed by atoms with E-state index in [1.165, 1.54) is 0 Å². The van der Waals surface area contributed by atoms with Gasteiger partial charge in [-0.3, -0.25) is 4.79 Å². The number of carbonyl (C=O) groups excluding carboxylic acids is 1. The molecule has 0 bridgehead atoms. The number of ether oxygens (including phenoxy) is 1. The third kappa shape index (κ3) is 4.10. The molecule has 0 aliphatic heterocycles. The van der Waals surface area contributed by atoms with E-state index in [0.717, 1.165) is 11.3 Å². The summed E-state index contributed by atoms with van der Waals surface area (Å²) in [4.78, 5) is 17.2. The average Bonchev–Trinajstić information content (AvgIpc) is 2.48. The summed E-state index contributed by atoms with van der Waals surface area (Å²) in [5, 5.41) is 0. The van der Waals surface area contributed by atoms with Crippen LogP contribution < -0.4 is 21.1 Å². The van der Waals surface area contributed by atoms with Crippen molar-refractivity contribution in [3.63, 3.8) is 0 Å². The first-order valence-electron chi connectivity index (χ1n) is 6.46. The molecule has 0 unspecified atom stereocenters. The number of hydrogen-bond acceptors (Lipinski definition) is 5. The summed E-state index contributed by atoms with van der Waals surface area (Å²) in [5.41, 5.74) is 13.6. The molecule has 1 amide bonds. The van der Waals surface area contributed by atoms with E-state index in [0.29, 0.717) is 18.1 Å². The number of nitrogens with zero attached hydrogens (tertiary/aromatic N) is 2. The summed E-state index contributed by atoms with van der Waals surface area (Å²) >= 11 is 0. The Morgan fingerprint density at radius 3 is 2.62 bits per heavy atom. The lowest BCUT2D eigenvalue weighted by atomic mass is 10.2. The van der Waals surface area contributed by atoms with Crippen LogP contribution in [0.3, 0.4) is 0 Å². The summed E-state index contributed by atoms with van der Waals surface area (Å²) in [7, 11) is 1.55. The van der Waals surface area contributed by atoms with Gasteiger partial charge in [-0.25, -0.2) is 4.98 Å². The normalized spacial score (nSPS) is 10.1. The molecule has 21 heavy (non-hydrogen) atoms. The van der Waals surface area contributed by atoms with Gasteiger partial charge in [-0.15, -0.1) is 0 Å². The van der Waals surface area contributed by atoms with Crippen molar-refractivity contribution in [1.29, 1.82) is 0 Å². The van der Waals surface area contributed by atoms with Crippen LogP contribution in [0.1, 0.15) is 5.56 Å². The van der Waals surface area contributed by atoms with Crippen molar-refractivity contribution < 1.29 is 9.53 Å². The molecule has 0 radical (unpaired) electrons. The van der Waals surface area contributed by atoms with Crippen molar-refractivity contribution in [2.24, 2.45) is 5.73 Å². The zero-order chi connectivity index (χ0) is 15.2. The highest BCUT2D eigenvalue weighted by Crippen LogP contribution is 2.20. The Kier molecular flexibility index (Phi) is 4.61. The van der Waals surface area contributed by atoms with Gasteiger partial charge in [-0.1, -0.05) is 12.1 Å². The number of methoxy groups -OCH3 is 1. The molecule has 0 spiro atoms. The average molecular weight is 286 g/mol. The number of anilines is 2. The van der Waals surface area contributed by atoms with Crippen LogP contribution in [0, 0.1) is 0 Å². The summed E-state index contributed by atoms with van der Waals surface area (Å²) < 4.78 is 5.11. The van der Waals surface area contributed by atoms with Crippen LogP contribution in [-0.2, 0) is 11.3 Å². The van der Waals surface area contributed by atoms with Gasteiger partial charge in [0.1, 0.15) is 0 Å². The molecule has 6 heteroatoms. The number of hydrogen-bond donors (Lipinski definition) is 2. The van der Waals surface area contributed by atoms with E-state index < -0.39 is 5.91 Å². The third-order valence-corrected chi connectivity index (χ3v) is 2.99. The second kappa shape index (κ2) is 6.60. The third-order valence-electron chi connectivity index (χ3n) is 2.99. The number of aromatic nitrogens is 1. The van der Waals surface area contributed by atoms with Crippen LogP contribution in [0.15, 0.2) is 42.6 Å². The van der Waals surface area contributed by atoms with Crippen molar-refractivity contribution in [3.05, 3.63) is 48.2 Å². The van der Waals surface area contributed by atoms with Crippen molar-refractivity contribution in [2.45, 2.75) is 6.54 Å². The number of nitrogens with two attached hydrogens (primary N) is 2. The van der Waals surface area contributed by atoms with Crippen molar-refractivity contribution in [2.75, 3.05) is 24.3 Å². The number of primary amides is 1. The van der Waals surface area contributed by atoms with Gasteiger partial charge < -0.3 is 21.1 Å². The lowest BCUT2D eigenvalue weighted by Crippen LogP contribution is -2.33. The standard InChI is InChI=1S/C15H18N4O2/c1-21-15-8-13(6-7-18-15)19(10-14(17)20)9-11-2-4-12(16)5-3-11/h2-8H,9-10,16H2,1H3,(H2,17,20). The Hall–Kier alpha value is -2.76. The molecule has 4 N–H and O–H groups in total. The number of amides is 1. The molecule has 0 aliphatic rings.